The van der Waals surface area contributed by atoms with E-state index in [0.29, 0.717) is 10.2 Å². The molecule has 1 N–H and O–H groups in total. The van der Waals surface area contributed by atoms with E-state index < -0.39 is 0 Å². The lowest BCUT2D eigenvalue weighted by Gasteiger charge is -2.16. The number of benzene rings is 2. The smallest absolute Gasteiger partial charge is 0.263 e. The summed E-state index contributed by atoms with van der Waals surface area (Å²) in [6.45, 7) is 3.84. The van der Waals surface area contributed by atoms with Crippen molar-refractivity contribution in [3.8, 4) is 11.1 Å². The first kappa shape index (κ1) is 20.6. The predicted molar refractivity (Wildman–Crippen MR) is 131 cm³/mol. The number of carbonyl (C=O) groups excluding carboxylic acids is 1. The third-order valence-electron chi connectivity index (χ3n) is 6.28. The molecule has 0 bridgehead atoms. The Hall–Kier alpha value is -3.25. The topological polar surface area (TPSA) is 64.0 Å². The van der Waals surface area contributed by atoms with Crippen LogP contribution in [-0.2, 0) is 24.2 Å². The predicted octanol–water partition coefficient (Wildman–Crippen LogP) is 5.26. The first-order valence-electron chi connectivity index (χ1n) is 11.0. The minimum absolute atomic E-state index is 0.0744. The maximum atomic E-state index is 13.3. The molecule has 0 atom stereocenters. The second kappa shape index (κ2) is 8.36. The Balaban J connectivity index is 1.48. The van der Waals surface area contributed by atoms with Gasteiger partial charge in [0.05, 0.1) is 11.7 Å². The number of para-hydroxylation sites is 1. The Bertz CT molecular complexity index is 1380. The Morgan fingerprint density at radius 2 is 1.84 bits per heavy atom. The van der Waals surface area contributed by atoms with Crippen molar-refractivity contribution in [3.63, 3.8) is 0 Å². The number of hydrogen-bond acceptors (Lipinski definition) is 4. The standard InChI is InChI=1S/C26H25N3O2S/c1-16-6-5-7-17(2)24(16)28-22(30)13-29-15-27-25-23(26(29)31)21(14-32-25)20-11-10-18-8-3-4-9-19(18)12-20/h5-7,10-12,14-15H,3-4,8-9,13H2,1-2H3,(H,28,30). The fourth-order valence-electron chi connectivity index (χ4n) is 4.54. The zero-order chi connectivity index (χ0) is 22.2. The molecular formula is C26H25N3O2S. The summed E-state index contributed by atoms with van der Waals surface area (Å²) >= 11 is 1.47. The first-order valence-corrected chi connectivity index (χ1v) is 11.8. The number of rotatable bonds is 4. The number of thiophene rings is 1. The van der Waals surface area contributed by atoms with Crippen LogP contribution in [0.25, 0.3) is 21.3 Å². The van der Waals surface area contributed by atoms with E-state index in [1.165, 1.54) is 46.2 Å². The molecule has 2 aromatic heterocycles. The third-order valence-corrected chi connectivity index (χ3v) is 7.17. The normalized spacial score (nSPS) is 13.2. The maximum Gasteiger partial charge on any atom is 0.263 e. The highest BCUT2D eigenvalue weighted by Gasteiger charge is 2.17. The van der Waals surface area contributed by atoms with Crippen molar-refractivity contribution in [2.24, 2.45) is 0 Å². The van der Waals surface area contributed by atoms with Crippen LogP contribution in [0.3, 0.4) is 0 Å². The van der Waals surface area contributed by atoms with Gasteiger partial charge in [0.25, 0.3) is 5.56 Å². The van der Waals surface area contributed by atoms with Gasteiger partial charge in [-0.15, -0.1) is 11.3 Å². The number of aryl methyl sites for hydroxylation is 4. The molecule has 0 aliphatic heterocycles. The van der Waals surface area contributed by atoms with E-state index in [0.717, 1.165) is 40.8 Å². The zero-order valence-electron chi connectivity index (χ0n) is 18.3. The molecular weight excluding hydrogens is 418 g/mol. The molecule has 5 rings (SSSR count). The molecule has 1 aliphatic carbocycles. The average molecular weight is 444 g/mol. The fourth-order valence-corrected chi connectivity index (χ4v) is 5.45. The summed E-state index contributed by atoms with van der Waals surface area (Å²) in [6.07, 6.45) is 6.15. The van der Waals surface area contributed by atoms with E-state index in [1.54, 1.807) is 0 Å². The maximum absolute atomic E-state index is 13.3. The molecule has 0 saturated carbocycles. The lowest BCUT2D eigenvalue weighted by Crippen LogP contribution is -2.28. The molecule has 2 aromatic carbocycles. The Morgan fingerprint density at radius 1 is 1.09 bits per heavy atom. The molecule has 0 fully saturated rings. The van der Waals surface area contributed by atoms with Crippen molar-refractivity contribution in [1.29, 1.82) is 0 Å². The third kappa shape index (κ3) is 3.75. The second-order valence-corrected chi connectivity index (χ2v) is 9.37. The fraction of sp³-hybridized carbons (Fsp3) is 0.269. The van der Waals surface area contributed by atoms with Gasteiger partial charge in [-0.1, -0.05) is 36.4 Å². The van der Waals surface area contributed by atoms with Crippen LogP contribution in [-0.4, -0.2) is 15.5 Å². The van der Waals surface area contributed by atoms with Crippen LogP contribution in [0, 0.1) is 13.8 Å². The van der Waals surface area contributed by atoms with Crippen LogP contribution in [0.4, 0.5) is 5.69 Å². The molecule has 0 unspecified atom stereocenters. The van der Waals surface area contributed by atoms with E-state index in [4.69, 9.17) is 0 Å². The molecule has 4 aromatic rings. The van der Waals surface area contributed by atoms with Crippen LogP contribution in [0.15, 0.2) is 52.9 Å². The number of nitrogens with zero attached hydrogens (tertiary/aromatic N) is 2. The quantitative estimate of drug-likeness (QED) is 0.468. The van der Waals surface area contributed by atoms with Gasteiger partial charge in [0.2, 0.25) is 5.91 Å². The highest BCUT2D eigenvalue weighted by atomic mass is 32.1. The van der Waals surface area contributed by atoms with Gasteiger partial charge in [-0.05, 0) is 67.3 Å². The van der Waals surface area contributed by atoms with Gasteiger partial charge >= 0.3 is 0 Å². The highest BCUT2D eigenvalue weighted by Crippen LogP contribution is 2.33. The number of aromatic nitrogens is 2. The summed E-state index contributed by atoms with van der Waals surface area (Å²) in [4.78, 5) is 31.3. The van der Waals surface area contributed by atoms with Crippen molar-refractivity contribution >= 4 is 33.1 Å². The largest absolute Gasteiger partial charge is 0.324 e. The van der Waals surface area contributed by atoms with Gasteiger partial charge in [0, 0.05) is 16.6 Å². The van der Waals surface area contributed by atoms with Crippen LogP contribution < -0.4 is 10.9 Å². The van der Waals surface area contributed by atoms with Crippen LogP contribution in [0.1, 0.15) is 35.1 Å². The average Bonchev–Trinajstić information content (AvgIpc) is 3.23. The molecule has 1 aliphatic rings. The number of amides is 1. The molecule has 1 amide bonds. The lowest BCUT2D eigenvalue weighted by atomic mass is 9.89. The molecule has 162 valence electrons. The molecule has 5 nitrogen and oxygen atoms in total. The van der Waals surface area contributed by atoms with Crippen molar-refractivity contribution in [2.75, 3.05) is 5.32 Å². The van der Waals surface area contributed by atoms with Gasteiger partial charge in [-0.25, -0.2) is 4.98 Å². The molecule has 2 heterocycles. The number of anilines is 1. The number of carbonyl (C=O) groups is 1. The molecule has 0 saturated heterocycles. The van der Waals surface area contributed by atoms with Gasteiger partial charge in [0.15, 0.2) is 0 Å². The van der Waals surface area contributed by atoms with E-state index in [2.05, 4.69) is 28.5 Å². The minimum atomic E-state index is -0.240. The lowest BCUT2D eigenvalue weighted by molar-refractivity contribution is -0.116. The molecule has 0 spiro atoms. The monoisotopic (exact) mass is 443 g/mol. The second-order valence-electron chi connectivity index (χ2n) is 8.51. The summed E-state index contributed by atoms with van der Waals surface area (Å²) < 4.78 is 1.40. The molecule has 0 radical (unpaired) electrons. The number of fused-ring (bicyclic) bond motifs is 2. The van der Waals surface area contributed by atoms with E-state index in [-0.39, 0.29) is 18.0 Å². The van der Waals surface area contributed by atoms with Crippen LogP contribution in [0.2, 0.25) is 0 Å². The summed E-state index contributed by atoms with van der Waals surface area (Å²) in [5.41, 5.74) is 7.35. The van der Waals surface area contributed by atoms with E-state index in [1.807, 2.05) is 37.4 Å². The van der Waals surface area contributed by atoms with Gasteiger partial charge in [-0.2, -0.15) is 0 Å². The number of hydrogen-bond donors (Lipinski definition) is 1. The first-order chi connectivity index (χ1) is 15.5. The van der Waals surface area contributed by atoms with Crippen molar-refractivity contribution in [3.05, 3.63) is 80.7 Å². The van der Waals surface area contributed by atoms with Crippen LogP contribution >= 0.6 is 11.3 Å². The van der Waals surface area contributed by atoms with Crippen molar-refractivity contribution < 1.29 is 4.79 Å². The molecule has 6 heteroatoms. The summed E-state index contributed by atoms with van der Waals surface area (Å²) in [7, 11) is 0. The summed E-state index contributed by atoms with van der Waals surface area (Å²) in [5, 5.41) is 5.55. The Kier molecular flexibility index (Phi) is 5.39. The molecule has 32 heavy (non-hydrogen) atoms. The van der Waals surface area contributed by atoms with Gasteiger partial charge < -0.3 is 5.32 Å². The highest BCUT2D eigenvalue weighted by molar-refractivity contribution is 7.17. The van der Waals surface area contributed by atoms with Gasteiger partial charge in [-0.3, -0.25) is 14.2 Å². The van der Waals surface area contributed by atoms with E-state index in [9.17, 15) is 9.59 Å². The van der Waals surface area contributed by atoms with Crippen LogP contribution in [0.5, 0.6) is 0 Å². The van der Waals surface area contributed by atoms with Gasteiger partial charge in [0.1, 0.15) is 11.4 Å². The minimum Gasteiger partial charge on any atom is -0.324 e. The Morgan fingerprint density at radius 3 is 2.62 bits per heavy atom. The zero-order valence-corrected chi connectivity index (χ0v) is 19.1. The Labute approximate surface area is 190 Å². The summed E-state index contributed by atoms with van der Waals surface area (Å²) in [6, 6.07) is 12.4. The van der Waals surface area contributed by atoms with Crippen molar-refractivity contribution in [2.45, 2.75) is 46.1 Å². The SMILES string of the molecule is Cc1cccc(C)c1NC(=O)Cn1cnc2scc(-c3ccc4c(c3)CCCC4)c2c1=O. The number of nitrogens with one attached hydrogen (secondary N) is 1. The summed E-state index contributed by atoms with van der Waals surface area (Å²) in [5.74, 6) is -0.240. The van der Waals surface area contributed by atoms with E-state index >= 15 is 0 Å². The van der Waals surface area contributed by atoms with Crippen molar-refractivity contribution in [1.82, 2.24) is 9.55 Å².